The summed E-state index contributed by atoms with van der Waals surface area (Å²) in [5.74, 6) is -0.359. The van der Waals surface area contributed by atoms with Gasteiger partial charge in [-0.05, 0) is 49.2 Å². The second kappa shape index (κ2) is 9.11. The summed E-state index contributed by atoms with van der Waals surface area (Å²) in [6, 6.07) is 20.8. The van der Waals surface area contributed by atoms with Crippen LogP contribution in [0.5, 0.6) is 0 Å². The second-order valence-electron chi connectivity index (χ2n) is 6.60. The molecule has 3 aromatic rings. The van der Waals surface area contributed by atoms with Gasteiger partial charge in [-0.15, -0.1) is 0 Å². The number of rotatable bonds is 7. The summed E-state index contributed by atoms with van der Waals surface area (Å²) in [4.78, 5) is 12.7. The molecule has 0 bridgehead atoms. The van der Waals surface area contributed by atoms with E-state index < -0.39 is 10.0 Å². The summed E-state index contributed by atoms with van der Waals surface area (Å²) >= 11 is 6.15. The first-order chi connectivity index (χ1) is 13.8. The molecule has 3 aromatic carbocycles. The quantitative estimate of drug-likeness (QED) is 0.584. The Morgan fingerprint density at radius 1 is 0.966 bits per heavy atom. The van der Waals surface area contributed by atoms with Crippen LogP contribution < -0.4 is 10.0 Å². The van der Waals surface area contributed by atoms with E-state index in [2.05, 4.69) is 10.0 Å². The summed E-state index contributed by atoms with van der Waals surface area (Å²) in [6.07, 6.45) is 0.684. The molecule has 29 heavy (non-hydrogen) atoms. The molecule has 5 nitrogen and oxygen atoms in total. The fourth-order valence-corrected chi connectivity index (χ4v) is 4.01. The van der Waals surface area contributed by atoms with Gasteiger partial charge in [0.25, 0.3) is 15.9 Å². The standard InChI is InChI=1S/C22H21ClN2O3S/c1-16-7-10-19(11-8-16)29(27,28)25-18-9-12-21(23)20(15-18)22(26)24-14-13-17-5-3-2-4-6-17/h2-12,15,25H,13-14H2,1H3,(H,24,26). The maximum Gasteiger partial charge on any atom is 0.261 e. The SMILES string of the molecule is Cc1ccc(S(=O)(=O)Nc2ccc(Cl)c(C(=O)NCCc3ccccc3)c2)cc1. The van der Waals surface area contributed by atoms with Crippen LogP contribution in [0.3, 0.4) is 0 Å². The van der Waals surface area contributed by atoms with E-state index in [9.17, 15) is 13.2 Å². The summed E-state index contributed by atoms with van der Waals surface area (Å²) in [6.45, 7) is 2.32. The number of halogens is 1. The van der Waals surface area contributed by atoms with Gasteiger partial charge in [0.2, 0.25) is 0 Å². The maximum absolute atomic E-state index is 12.6. The van der Waals surface area contributed by atoms with Crippen LogP contribution in [-0.4, -0.2) is 20.9 Å². The third-order valence-corrected chi connectivity index (χ3v) is 6.06. The van der Waals surface area contributed by atoms with Crippen molar-refractivity contribution in [2.75, 3.05) is 11.3 Å². The molecule has 3 rings (SSSR count). The molecule has 0 unspecified atom stereocenters. The Bertz CT molecular complexity index is 1100. The topological polar surface area (TPSA) is 75.3 Å². The van der Waals surface area contributed by atoms with Gasteiger partial charge in [0.05, 0.1) is 15.5 Å². The van der Waals surface area contributed by atoms with Crippen LogP contribution in [0.15, 0.2) is 77.7 Å². The Morgan fingerprint density at radius 3 is 2.34 bits per heavy atom. The third-order valence-electron chi connectivity index (χ3n) is 4.34. The van der Waals surface area contributed by atoms with Crippen molar-refractivity contribution in [2.24, 2.45) is 0 Å². The molecule has 0 aromatic heterocycles. The number of carbonyl (C=O) groups is 1. The second-order valence-corrected chi connectivity index (χ2v) is 8.69. The number of carbonyl (C=O) groups excluding carboxylic acids is 1. The molecule has 0 aliphatic rings. The predicted molar refractivity (Wildman–Crippen MR) is 116 cm³/mol. The highest BCUT2D eigenvalue weighted by Crippen LogP contribution is 2.23. The molecule has 0 aliphatic carbocycles. The molecule has 150 valence electrons. The molecule has 0 fully saturated rings. The van der Waals surface area contributed by atoms with Crippen LogP contribution in [0.4, 0.5) is 5.69 Å². The van der Waals surface area contributed by atoms with E-state index in [4.69, 9.17) is 11.6 Å². The highest BCUT2D eigenvalue weighted by atomic mass is 35.5. The van der Waals surface area contributed by atoms with Crippen LogP contribution in [0, 0.1) is 6.92 Å². The molecular weight excluding hydrogens is 408 g/mol. The smallest absolute Gasteiger partial charge is 0.261 e. The first kappa shape index (κ1) is 20.9. The first-order valence-corrected chi connectivity index (χ1v) is 10.9. The Kier molecular flexibility index (Phi) is 6.56. The number of nitrogens with one attached hydrogen (secondary N) is 2. The van der Waals surface area contributed by atoms with E-state index in [-0.39, 0.29) is 27.1 Å². The Balaban J connectivity index is 1.70. The molecular formula is C22H21ClN2O3S. The Morgan fingerprint density at radius 2 is 1.66 bits per heavy atom. The van der Waals surface area contributed by atoms with Crippen LogP contribution in [0.25, 0.3) is 0 Å². The minimum Gasteiger partial charge on any atom is -0.352 e. The average Bonchev–Trinajstić information content (AvgIpc) is 2.70. The monoisotopic (exact) mass is 428 g/mol. The number of hydrogen-bond acceptors (Lipinski definition) is 3. The molecule has 2 N–H and O–H groups in total. The van der Waals surface area contributed by atoms with E-state index in [0.717, 1.165) is 11.1 Å². The molecule has 0 atom stereocenters. The first-order valence-electron chi connectivity index (χ1n) is 9.06. The molecule has 0 heterocycles. The van der Waals surface area contributed by atoms with E-state index in [1.165, 1.54) is 30.3 Å². The molecule has 0 saturated heterocycles. The van der Waals surface area contributed by atoms with Crippen molar-refractivity contribution in [1.82, 2.24) is 5.32 Å². The summed E-state index contributed by atoms with van der Waals surface area (Å²) in [5.41, 5.74) is 2.55. The summed E-state index contributed by atoms with van der Waals surface area (Å²) in [7, 11) is -3.76. The Hall–Kier alpha value is -2.83. The molecule has 0 saturated carbocycles. The maximum atomic E-state index is 12.6. The lowest BCUT2D eigenvalue weighted by molar-refractivity contribution is 0.0954. The van der Waals surface area contributed by atoms with Crippen LogP contribution in [-0.2, 0) is 16.4 Å². The van der Waals surface area contributed by atoms with Crippen molar-refractivity contribution in [3.8, 4) is 0 Å². The summed E-state index contributed by atoms with van der Waals surface area (Å²) in [5, 5.41) is 3.07. The highest BCUT2D eigenvalue weighted by molar-refractivity contribution is 7.92. The summed E-state index contributed by atoms with van der Waals surface area (Å²) < 4.78 is 27.6. The number of benzene rings is 3. The average molecular weight is 429 g/mol. The van der Waals surface area contributed by atoms with Crippen molar-refractivity contribution in [3.63, 3.8) is 0 Å². The molecule has 0 radical (unpaired) electrons. The van der Waals surface area contributed by atoms with Crippen LogP contribution in [0.2, 0.25) is 5.02 Å². The van der Waals surface area contributed by atoms with E-state index >= 15 is 0 Å². The molecule has 0 spiro atoms. The largest absolute Gasteiger partial charge is 0.352 e. The highest BCUT2D eigenvalue weighted by Gasteiger charge is 2.16. The lowest BCUT2D eigenvalue weighted by Crippen LogP contribution is -2.26. The van der Waals surface area contributed by atoms with Gasteiger partial charge >= 0.3 is 0 Å². The fraction of sp³-hybridized carbons (Fsp3) is 0.136. The van der Waals surface area contributed by atoms with Crippen molar-refractivity contribution < 1.29 is 13.2 Å². The van der Waals surface area contributed by atoms with Gasteiger partial charge in [-0.1, -0.05) is 59.6 Å². The number of sulfonamides is 1. The van der Waals surface area contributed by atoms with Crippen molar-refractivity contribution >= 4 is 33.2 Å². The number of amides is 1. The van der Waals surface area contributed by atoms with E-state index in [1.54, 1.807) is 12.1 Å². The van der Waals surface area contributed by atoms with Gasteiger partial charge in [0.1, 0.15) is 0 Å². The number of aryl methyl sites for hydroxylation is 1. The van der Waals surface area contributed by atoms with Gasteiger partial charge in [0.15, 0.2) is 0 Å². The minimum atomic E-state index is -3.76. The van der Waals surface area contributed by atoms with Gasteiger partial charge in [-0.2, -0.15) is 0 Å². The molecule has 0 aliphatic heterocycles. The van der Waals surface area contributed by atoms with Gasteiger partial charge in [-0.3, -0.25) is 9.52 Å². The normalized spacial score (nSPS) is 11.1. The molecule has 1 amide bonds. The zero-order valence-corrected chi connectivity index (χ0v) is 17.4. The van der Waals surface area contributed by atoms with Crippen LogP contribution in [0.1, 0.15) is 21.5 Å². The molecule has 7 heteroatoms. The zero-order chi connectivity index (χ0) is 20.9. The van der Waals surface area contributed by atoms with Crippen molar-refractivity contribution in [3.05, 3.63) is 94.5 Å². The van der Waals surface area contributed by atoms with Crippen molar-refractivity contribution in [2.45, 2.75) is 18.2 Å². The van der Waals surface area contributed by atoms with Gasteiger partial charge in [0, 0.05) is 12.2 Å². The van der Waals surface area contributed by atoms with Crippen LogP contribution >= 0.6 is 11.6 Å². The van der Waals surface area contributed by atoms with E-state index in [1.807, 2.05) is 37.3 Å². The predicted octanol–water partition coefficient (Wildman–Crippen LogP) is 4.42. The lowest BCUT2D eigenvalue weighted by atomic mass is 10.1. The van der Waals surface area contributed by atoms with Crippen molar-refractivity contribution in [1.29, 1.82) is 0 Å². The number of hydrogen-bond donors (Lipinski definition) is 2. The minimum absolute atomic E-state index is 0.145. The van der Waals surface area contributed by atoms with Gasteiger partial charge < -0.3 is 5.32 Å². The fourth-order valence-electron chi connectivity index (χ4n) is 2.75. The Labute approximate surface area is 175 Å². The van der Waals surface area contributed by atoms with E-state index in [0.29, 0.717) is 13.0 Å². The zero-order valence-electron chi connectivity index (χ0n) is 15.9. The number of anilines is 1. The van der Waals surface area contributed by atoms with Gasteiger partial charge in [-0.25, -0.2) is 8.42 Å². The third kappa shape index (κ3) is 5.59. The lowest BCUT2D eigenvalue weighted by Gasteiger charge is -2.11.